The first-order valence-corrected chi connectivity index (χ1v) is 11.1. The van der Waals surface area contributed by atoms with Crippen LogP contribution in [-0.4, -0.2) is 27.1 Å². The molecule has 1 radical (unpaired) electrons. The number of hydrogen-bond acceptors (Lipinski definition) is 2. The highest BCUT2D eigenvalue weighted by molar-refractivity contribution is 6.42. The molecule has 1 saturated heterocycles. The first-order chi connectivity index (χ1) is 15.5. The average Bonchev–Trinajstić information content (AvgIpc) is 2.76. The van der Waals surface area contributed by atoms with Crippen LogP contribution in [0.2, 0.25) is 0 Å². The predicted octanol–water partition coefficient (Wildman–Crippen LogP) is 6.53. The number of rotatable bonds is 10. The summed E-state index contributed by atoms with van der Waals surface area (Å²) in [6.07, 6.45) is 2.49. The molecular weight excluding hydrogens is 431 g/mol. The van der Waals surface area contributed by atoms with E-state index < -0.39 is 46.3 Å². The molecule has 0 aliphatic carbocycles. The molecule has 0 saturated carbocycles. The zero-order valence-corrected chi connectivity index (χ0v) is 19.6. The quantitative estimate of drug-likeness (QED) is 0.228. The van der Waals surface area contributed by atoms with E-state index in [4.69, 9.17) is 9.47 Å². The fourth-order valence-electron chi connectivity index (χ4n) is 4.26. The van der Waals surface area contributed by atoms with Crippen molar-refractivity contribution < 1.29 is 27.0 Å². The summed E-state index contributed by atoms with van der Waals surface area (Å²) in [5.41, 5.74) is 0.280. The van der Waals surface area contributed by atoms with Crippen LogP contribution in [0.3, 0.4) is 0 Å². The zero-order valence-electron chi connectivity index (χ0n) is 19.6. The van der Waals surface area contributed by atoms with Crippen molar-refractivity contribution in [1.82, 2.24) is 0 Å². The Morgan fingerprint density at radius 2 is 1.67 bits per heavy atom. The topological polar surface area (TPSA) is 18.5 Å². The van der Waals surface area contributed by atoms with Crippen molar-refractivity contribution in [3.8, 4) is 0 Å². The van der Waals surface area contributed by atoms with Gasteiger partial charge in [-0.05, 0) is 23.1 Å². The molecule has 1 aliphatic heterocycles. The standard InChI is InChI=1S/C26H30BF4O2/c1-6-17-8-10-18(11-9-17)16(3)27-25(4,5)20-23(30)21(28)19(22(29)24(20)31)12-32-13-26(7-2)14-33-15-26/h6,8-11,16H,1,7,12-15H2,2-5H3. The minimum absolute atomic E-state index is 0.203. The Morgan fingerprint density at radius 1 is 1.09 bits per heavy atom. The highest BCUT2D eigenvalue weighted by Crippen LogP contribution is 2.36. The van der Waals surface area contributed by atoms with E-state index in [9.17, 15) is 8.78 Å². The van der Waals surface area contributed by atoms with Gasteiger partial charge in [-0.25, -0.2) is 17.6 Å². The smallest absolute Gasteiger partial charge is 0.167 e. The van der Waals surface area contributed by atoms with Crippen LogP contribution in [0.4, 0.5) is 17.6 Å². The second-order valence-electron chi connectivity index (χ2n) is 9.50. The molecule has 3 rings (SSSR count). The van der Waals surface area contributed by atoms with Gasteiger partial charge in [0, 0.05) is 11.0 Å². The molecule has 7 heteroatoms. The molecule has 1 unspecified atom stereocenters. The Bertz CT molecular complexity index is 966. The Labute approximate surface area is 194 Å². The molecule has 0 amide bonds. The van der Waals surface area contributed by atoms with Crippen molar-refractivity contribution >= 4 is 13.4 Å². The molecule has 0 N–H and O–H groups in total. The van der Waals surface area contributed by atoms with Crippen molar-refractivity contribution in [2.45, 2.75) is 51.9 Å². The van der Waals surface area contributed by atoms with Crippen LogP contribution in [0.15, 0.2) is 30.8 Å². The van der Waals surface area contributed by atoms with Gasteiger partial charge >= 0.3 is 0 Å². The summed E-state index contributed by atoms with van der Waals surface area (Å²) in [6.45, 7) is 11.3. The maximum atomic E-state index is 15.1. The van der Waals surface area contributed by atoms with E-state index >= 15 is 8.78 Å². The first-order valence-electron chi connectivity index (χ1n) is 11.1. The number of halogens is 4. The van der Waals surface area contributed by atoms with Gasteiger partial charge in [0.2, 0.25) is 0 Å². The third-order valence-electron chi connectivity index (χ3n) is 6.58. The van der Waals surface area contributed by atoms with Crippen LogP contribution in [0.1, 0.15) is 62.2 Å². The van der Waals surface area contributed by atoms with Crippen LogP contribution >= 0.6 is 0 Å². The molecule has 0 spiro atoms. The summed E-state index contributed by atoms with van der Waals surface area (Å²) in [5, 5.41) is -1.28. The van der Waals surface area contributed by atoms with E-state index in [1.54, 1.807) is 27.2 Å². The van der Waals surface area contributed by atoms with Gasteiger partial charge in [-0.15, -0.1) is 0 Å². The fraction of sp³-hybridized carbons (Fsp3) is 0.462. The normalized spacial score (nSPS) is 16.2. The van der Waals surface area contributed by atoms with Gasteiger partial charge in [0.15, 0.2) is 23.3 Å². The molecule has 2 aromatic carbocycles. The maximum Gasteiger partial charge on any atom is 0.167 e. The Morgan fingerprint density at radius 3 is 2.12 bits per heavy atom. The van der Waals surface area contributed by atoms with Crippen LogP contribution in [0, 0.1) is 28.7 Å². The summed E-state index contributed by atoms with van der Waals surface area (Å²) >= 11 is 0. The second-order valence-corrected chi connectivity index (χ2v) is 9.50. The number of hydrogen-bond donors (Lipinski definition) is 0. The highest BCUT2D eigenvalue weighted by atomic mass is 19.2. The van der Waals surface area contributed by atoms with E-state index in [1.165, 1.54) is 0 Å². The molecule has 1 heterocycles. The first kappa shape index (κ1) is 25.5. The third-order valence-corrected chi connectivity index (χ3v) is 6.58. The maximum absolute atomic E-state index is 15.1. The van der Waals surface area contributed by atoms with E-state index in [0.717, 1.165) is 17.5 Å². The van der Waals surface area contributed by atoms with Gasteiger partial charge in [-0.1, -0.05) is 70.2 Å². The molecular formula is C26H30BF4O2. The summed E-state index contributed by atoms with van der Waals surface area (Å²) < 4.78 is 70.5. The summed E-state index contributed by atoms with van der Waals surface area (Å²) in [7, 11) is 1.69. The number of benzene rings is 2. The van der Waals surface area contributed by atoms with Gasteiger partial charge in [0.05, 0.1) is 32.0 Å². The minimum atomic E-state index is -1.41. The van der Waals surface area contributed by atoms with Gasteiger partial charge < -0.3 is 9.47 Å². The minimum Gasteiger partial charge on any atom is -0.380 e. The SMILES string of the molecule is C=Cc1ccc(C(C)[B]C(C)(C)c2c(F)c(F)c(COCC3(CC)COC3)c(F)c2F)cc1. The Balaban J connectivity index is 1.82. The lowest BCUT2D eigenvalue weighted by atomic mass is 9.44. The monoisotopic (exact) mass is 461 g/mol. The zero-order chi connectivity index (χ0) is 24.4. The van der Waals surface area contributed by atoms with E-state index in [-0.39, 0.29) is 17.8 Å². The predicted molar refractivity (Wildman–Crippen MR) is 123 cm³/mol. The third kappa shape index (κ3) is 5.19. The van der Waals surface area contributed by atoms with Crippen LogP contribution in [0.25, 0.3) is 6.08 Å². The Kier molecular flexibility index (Phi) is 7.74. The summed E-state index contributed by atoms with van der Waals surface area (Å²) in [4.78, 5) is 0. The van der Waals surface area contributed by atoms with Gasteiger partial charge in [0.25, 0.3) is 0 Å². The van der Waals surface area contributed by atoms with E-state index in [1.807, 2.05) is 38.1 Å². The van der Waals surface area contributed by atoms with Crippen molar-refractivity contribution in [3.05, 3.63) is 76.4 Å². The highest BCUT2D eigenvalue weighted by Gasteiger charge is 2.38. The van der Waals surface area contributed by atoms with Crippen LogP contribution in [-0.2, 0) is 21.4 Å². The molecule has 1 atom stereocenters. The lowest BCUT2D eigenvalue weighted by molar-refractivity contribution is -0.152. The van der Waals surface area contributed by atoms with Crippen LogP contribution in [0.5, 0.6) is 0 Å². The summed E-state index contributed by atoms with van der Waals surface area (Å²) in [6, 6.07) is 7.54. The fourth-order valence-corrected chi connectivity index (χ4v) is 4.26. The number of ether oxygens (including phenoxy) is 2. The summed E-state index contributed by atoms with van der Waals surface area (Å²) in [5.74, 6) is -5.82. The molecule has 33 heavy (non-hydrogen) atoms. The molecule has 2 nitrogen and oxygen atoms in total. The van der Waals surface area contributed by atoms with Crippen molar-refractivity contribution in [2.75, 3.05) is 19.8 Å². The molecule has 2 aromatic rings. The van der Waals surface area contributed by atoms with Gasteiger partial charge in [0.1, 0.15) is 7.28 Å². The molecule has 177 valence electrons. The Hall–Kier alpha value is -2.12. The van der Waals surface area contributed by atoms with Gasteiger partial charge in [-0.2, -0.15) is 0 Å². The molecule has 1 aliphatic rings. The van der Waals surface area contributed by atoms with E-state index in [2.05, 4.69) is 6.58 Å². The molecule has 0 bridgehead atoms. The average molecular weight is 461 g/mol. The lowest BCUT2D eigenvalue weighted by Crippen LogP contribution is -2.45. The lowest BCUT2D eigenvalue weighted by Gasteiger charge is -2.40. The largest absolute Gasteiger partial charge is 0.380 e. The van der Waals surface area contributed by atoms with E-state index in [0.29, 0.717) is 13.2 Å². The second kappa shape index (κ2) is 10.0. The van der Waals surface area contributed by atoms with Crippen LogP contribution < -0.4 is 0 Å². The molecule has 1 fully saturated rings. The van der Waals surface area contributed by atoms with Crippen molar-refractivity contribution in [3.63, 3.8) is 0 Å². The van der Waals surface area contributed by atoms with Crippen molar-refractivity contribution in [2.24, 2.45) is 5.41 Å². The van der Waals surface area contributed by atoms with Crippen molar-refractivity contribution in [1.29, 1.82) is 0 Å². The molecule has 0 aromatic heterocycles. The van der Waals surface area contributed by atoms with Gasteiger partial charge in [-0.3, -0.25) is 0 Å².